The number of rotatable bonds is 8. The second kappa shape index (κ2) is 7.90. The van der Waals surface area contributed by atoms with E-state index < -0.39 is 0 Å². The van der Waals surface area contributed by atoms with Crippen LogP contribution in [0.2, 0.25) is 0 Å². The molecule has 0 saturated carbocycles. The van der Waals surface area contributed by atoms with Gasteiger partial charge in [0.25, 0.3) is 0 Å². The largest absolute Gasteiger partial charge is 0.467 e. The summed E-state index contributed by atoms with van der Waals surface area (Å²) in [7, 11) is 0. The van der Waals surface area contributed by atoms with E-state index in [-0.39, 0.29) is 5.91 Å². The molecule has 96 valence electrons. The molecular formula is C13H22N2O2. The van der Waals surface area contributed by atoms with Crippen LogP contribution >= 0.6 is 0 Å². The van der Waals surface area contributed by atoms with Gasteiger partial charge >= 0.3 is 0 Å². The van der Waals surface area contributed by atoms with E-state index in [9.17, 15) is 4.79 Å². The van der Waals surface area contributed by atoms with Gasteiger partial charge in [0.1, 0.15) is 5.76 Å². The first-order chi connectivity index (χ1) is 8.27. The number of hydrogen-bond donors (Lipinski definition) is 1. The number of nitrogens with two attached hydrogens (primary N) is 1. The summed E-state index contributed by atoms with van der Waals surface area (Å²) in [6, 6.07) is 3.74. The predicted octanol–water partition coefficient (Wildman–Crippen LogP) is 2.15. The van der Waals surface area contributed by atoms with E-state index in [1.807, 2.05) is 24.0 Å². The lowest BCUT2D eigenvalue weighted by Crippen LogP contribution is -2.29. The Morgan fingerprint density at radius 2 is 2.24 bits per heavy atom. The maximum Gasteiger partial charge on any atom is 0.222 e. The zero-order valence-electron chi connectivity index (χ0n) is 10.5. The van der Waals surface area contributed by atoms with Crippen LogP contribution in [0.15, 0.2) is 22.8 Å². The molecule has 0 radical (unpaired) electrons. The molecule has 0 fully saturated rings. The van der Waals surface area contributed by atoms with E-state index in [1.54, 1.807) is 6.26 Å². The minimum atomic E-state index is 0.195. The van der Waals surface area contributed by atoms with Crippen molar-refractivity contribution in [2.75, 3.05) is 13.1 Å². The molecule has 1 aromatic rings. The number of hydrogen-bond acceptors (Lipinski definition) is 3. The van der Waals surface area contributed by atoms with Crippen molar-refractivity contribution in [3.8, 4) is 0 Å². The summed E-state index contributed by atoms with van der Waals surface area (Å²) in [5, 5.41) is 0. The molecule has 2 N–H and O–H groups in total. The lowest BCUT2D eigenvalue weighted by atomic mass is 10.2. The van der Waals surface area contributed by atoms with Crippen LogP contribution in [0, 0.1) is 0 Å². The molecule has 4 nitrogen and oxygen atoms in total. The van der Waals surface area contributed by atoms with E-state index in [0.29, 0.717) is 19.5 Å². The van der Waals surface area contributed by atoms with Crippen molar-refractivity contribution in [3.63, 3.8) is 0 Å². The third-order valence-corrected chi connectivity index (χ3v) is 2.76. The molecule has 0 spiro atoms. The van der Waals surface area contributed by atoms with Gasteiger partial charge in [-0.25, -0.2) is 0 Å². The first-order valence-electron chi connectivity index (χ1n) is 6.28. The average Bonchev–Trinajstić information content (AvgIpc) is 2.84. The predicted molar refractivity (Wildman–Crippen MR) is 67.3 cm³/mol. The Morgan fingerprint density at radius 3 is 2.82 bits per heavy atom. The van der Waals surface area contributed by atoms with Gasteiger partial charge in [0.15, 0.2) is 0 Å². The molecule has 4 heteroatoms. The lowest BCUT2D eigenvalue weighted by Gasteiger charge is -2.19. The fourth-order valence-corrected chi connectivity index (χ4v) is 1.72. The normalized spacial score (nSPS) is 10.5. The number of nitrogens with zero attached hydrogens (tertiary/aromatic N) is 1. The van der Waals surface area contributed by atoms with Gasteiger partial charge in [-0.3, -0.25) is 4.79 Å². The molecular weight excluding hydrogens is 216 g/mol. The first kappa shape index (κ1) is 13.8. The highest BCUT2D eigenvalue weighted by Gasteiger charge is 2.12. The SMILES string of the molecule is CCN(Cc1ccco1)C(=O)CCCCCN. The summed E-state index contributed by atoms with van der Waals surface area (Å²) in [4.78, 5) is 13.7. The number of amides is 1. The molecule has 1 amide bonds. The Bertz CT molecular complexity index is 309. The smallest absolute Gasteiger partial charge is 0.222 e. The van der Waals surface area contributed by atoms with Crippen LogP contribution in [-0.4, -0.2) is 23.9 Å². The second-order valence-electron chi connectivity index (χ2n) is 4.09. The van der Waals surface area contributed by atoms with Gasteiger partial charge in [-0.2, -0.15) is 0 Å². The van der Waals surface area contributed by atoms with Crippen molar-refractivity contribution in [3.05, 3.63) is 24.2 Å². The molecule has 0 aromatic carbocycles. The van der Waals surface area contributed by atoms with Gasteiger partial charge in [-0.1, -0.05) is 6.42 Å². The van der Waals surface area contributed by atoms with Crippen molar-refractivity contribution in [2.45, 2.75) is 39.2 Å². The highest BCUT2D eigenvalue weighted by atomic mass is 16.3. The Morgan fingerprint density at radius 1 is 1.41 bits per heavy atom. The third-order valence-electron chi connectivity index (χ3n) is 2.76. The van der Waals surface area contributed by atoms with E-state index in [0.717, 1.165) is 31.6 Å². The average molecular weight is 238 g/mol. The minimum absolute atomic E-state index is 0.195. The Kier molecular flexibility index (Phi) is 6.40. The maximum absolute atomic E-state index is 11.9. The van der Waals surface area contributed by atoms with Gasteiger partial charge in [0.05, 0.1) is 12.8 Å². The summed E-state index contributed by atoms with van der Waals surface area (Å²) >= 11 is 0. The maximum atomic E-state index is 11.9. The van der Waals surface area contributed by atoms with Crippen LogP contribution in [-0.2, 0) is 11.3 Å². The number of furan rings is 1. The van der Waals surface area contributed by atoms with Crippen LogP contribution in [0.5, 0.6) is 0 Å². The lowest BCUT2D eigenvalue weighted by molar-refractivity contribution is -0.132. The summed E-state index contributed by atoms with van der Waals surface area (Å²) in [6.45, 7) is 3.98. The van der Waals surface area contributed by atoms with E-state index in [1.165, 1.54) is 0 Å². The Hall–Kier alpha value is -1.29. The van der Waals surface area contributed by atoms with E-state index in [4.69, 9.17) is 10.2 Å². The topological polar surface area (TPSA) is 59.5 Å². The summed E-state index contributed by atoms with van der Waals surface area (Å²) in [6.07, 6.45) is 5.19. The summed E-state index contributed by atoms with van der Waals surface area (Å²) in [5.41, 5.74) is 5.41. The van der Waals surface area contributed by atoms with Gasteiger partial charge in [0, 0.05) is 13.0 Å². The number of carbonyl (C=O) groups excluding carboxylic acids is 1. The van der Waals surface area contributed by atoms with Crippen LogP contribution in [0.4, 0.5) is 0 Å². The van der Waals surface area contributed by atoms with Gasteiger partial charge < -0.3 is 15.1 Å². The molecule has 0 aliphatic carbocycles. The van der Waals surface area contributed by atoms with E-state index >= 15 is 0 Å². The molecule has 1 aromatic heterocycles. The fraction of sp³-hybridized carbons (Fsp3) is 0.615. The van der Waals surface area contributed by atoms with Gasteiger partial charge in [-0.05, 0) is 38.4 Å². The van der Waals surface area contributed by atoms with Crippen LogP contribution in [0.1, 0.15) is 38.4 Å². The monoisotopic (exact) mass is 238 g/mol. The quantitative estimate of drug-likeness (QED) is 0.706. The summed E-state index contributed by atoms with van der Waals surface area (Å²) < 4.78 is 5.25. The molecule has 0 aliphatic rings. The first-order valence-corrected chi connectivity index (χ1v) is 6.28. The van der Waals surface area contributed by atoms with Crippen LogP contribution in [0.3, 0.4) is 0 Å². The number of carbonyl (C=O) groups is 1. The molecule has 0 atom stereocenters. The zero-order valence-corrected chi connectivity index (χ0v) is 10.5. The van der Waals surface area contributed by atoms with Crippen molar-refractivity contribution in [1.82, 2.24) is 4.90 Å². The molecule has 1 heterocycles. The Labute approximate surface area is 103 Å². The molecule has 1 rings (SSSR count). The minimum Gasteiger partial charge on any atom is -0.467 e. The van der Waals surface area contributed by atoms with Gasteiger partial charge in [-0.15, -0.1) is 0 Å². The van der Waals surface area contributed by atoms with Crippen molar-refractivity contribution < 1.29 is 9.21 Å². The zero-order chi connectivity index (χ0) is 12.5. The van der Waals surface area contributed by atoms with Crippen molar-refractivity contribution in [2.24, 2.45) is 5.73 Å². The van der Waals surface area contributed by atoms with Crippen LogP contribution < -0.4 is 5.73 Å². The standard InChI is InChI=1S/C13H22N2O2/c1-2-15(11-12-7-6-10-17-12)13(16)8-4-3-5-9-14/h6-7,10H,2-5,8-9,11,14H2,1H3. The third kappa shape index (κ3) is 5.04. The van der Waals surface area contributed by atoms with Crippen molar-refractivity contribution >= 4 is 5.91 Å². The highest BCUT2D eigenvalue weighted by molar-refractivity contribution is 5.76. The van der Waals surface area contributed by atoms with Crippen LogP contribution in [0.25, 0.3) is 0 Å². The van der Waals surface area contributed by atoms with Gasteiger partial charge in [0.2, 0.25) is 5.91 Å². The molecule has 0 aliphatic heterocycles. The van der Waals surface area contributed by atoms with Crippen molar-refractivity contribution in [1.29, 1.82) is 0 Å². The molecule has 0 unspecified atom stereocenters. The Balaban J connectivity index is 2.31. The molecule has 0 saturated heterocycles. The molecule has 0 bridgehead atoms. The molecule has 17 heavy (non-hydrogen) atoms. The number of unbranched alkanes of at least 4 members (excludes halogenated alkanes) is 2. The summed E-state index contributed by atoms with van der Waals surface area (Å²) in [5.74, 6) is 1.03. The second-order valence-corrected chi connectivity index (χ2v) is 4.09. The highest BCUT2D eigenvalue weighted by Crippen LogP contribution is 2.08. The fourth-order valence-electron chi connectivity index (χ4n) is 1.72. The van der Waals surface area contributed by atoms with E-state index in [2.05, 4.69) is 0 Å².